The number of nitrogens with zero attached hydrogens (tertiary/aromatic N) is 2. The van der Waals surface area contributed by atoms with Gasteiger partial charge in [-0.3, -0.25) is 19.2 Å². The summed E-state index contributed by atoms with van der Waals surface area (Å²) in [5, 5.41) is 2.69. The van der Waals surface area contributed by atoms with Gasteiger partial charge in [0.05, 0.1) is 25.2 Å². The zero-order valence-corrected chi connectivity index (χ0v) is 18.1. The van der Waals surface area contributed by atoms with Crippen LogP contribution in [-0.2, 0) is 19.2 Å². The van der Waals surface area contributed by atoms with E-state index in [1.54, 1.807) is 24.3 Å². The number of anilines is 2. The molecule has 8 heteroatoms. The molecule has 3 aliphatic heterocycles. The highest BCUT2D eigenvalue weighted by Gasteiger charge is 2.47. The lowest BCUT2D eigenvalue weighted by atomic mass is 9.93. The number of quaternary nitrogens is 1. The molecule has 3 heterocycles. The number of piperidine rings is 2. The van der Waals surface area contributed by atoms with Crippen molar-refractivity contribution in [1.82, 2.24) is 4.90 Å². The Balaban J connectivity index is 1.38. The van der Waals surface area contributed by atoms with Crippen LogP contribution in [0.1, 0.15) is 45.4 Å². The van der Waals surface area contributed by atoms with Crippen molar-refractivity contribution in [3.8, 4) is 0 Å². The smallest absolute Gasteiger partial charge is 0.292 e. The third-order valence-corrected chi connectivity index (χ3v) is 6.71. The Bertz CT molecular complexity index is 872. The molecular weight excluding hydrogens is 396 g/mol. The molecule has 1 atom stereocenters. The summed E-state index contributed by atoms with van der Waals surface area (Å²) < 4.78 is 0. The number of rotatable bonds is 4. The van der Waals surface area contributed by atoms with Crippen molar-refractivity contribution in [2.45, 2.75) is 51.5 Å². The summed E-state index contributed by atoms with van der Waals surface area (Å²) in [7, 11) is 0. The summed E-state index contributed by atoms with van der Waals surface area (Å²) in [6.07, 6.45) is 5.10. The summed E-state index contributed by atoms with van der Waals surface area (Å²) in [6, 6.07) is 6.41. The first kappa shape index (κ1) is 21.5. The maximum atomic E-state index is 13.1. The molecule has 8 nitrogen and oxygen atoms in total. The minimum atomic E-state index is -0.400. The molecule has 1 aromatic rings. The van der Waals surface area contributed by atoms with Crippen LogP contribution in [0, 0.1) is 5.92 Å². The normalized spacial score (nSPS) is 26.8. The number of likely N-dealkylation sites (tertiary alicyclic amines) is 2. The molecule has 1 aromatic carbocycles. The zero-order chi connectivity index (χ0) is 22.0. The minimum Gasteiger partial charge on any atom is -0.342 e. The summed E-state index contributed by atoms with van der Waals surface area (Å²) in [4.78, 5) is 54.3. The predicted octanol–water partition coefficient (Wildman–Crippen LogP) is 0.584. The molecule has 0 aromatic heterocycles. The first-order valence-electron chi connectivity index (χ1n) is 11.3. The lowest BCUT2D eigenvalue weighted by Crippen LogP contribution is -3.17. The van der Waals surface area contributed by atoms with E-state index in [0.717, 1.165) is 56.8 Å². The number of carbonyl (C=O) groups is 4. The van der Waals surface area contributed by atoms with E-state index in [1.807, 2.05) is 4.90 Å². The Morgan fingerprint density at radius 1 is 1.06 bits per heavy atom. The number of amides is 4. The second kappa shape index (κ2) is 9.18. The maximum absolute atomic E-state index is 13.1. The van der Waals surface area contributed by atoms with E-state index in [-0.39, 0.29) is 36.0 Å². The fourth-order valence-corrected chi connectivity index (χ4v) is 5.10. The molecule has 4 rings (SSSR count). The third kappa shape index (κ3) is 4.63. The van der Waals surface area contributed by atoms with Gasteiger partial charge in [0, 0.05) is 44.5 Å². The molecule has 0 bridgehead atoms. The SMILES string of the molecule is CC(=O)Nc1cccc(N2C(=O)C[C@H]([NH+]3CCC(C(=O)N4CCCCC4)CC3)C2=O)c1. The van der Waals surface area contributed by atoms with E-state index in [4.69, 9.17) is 0 Å². The first-order valence-corrected chi connectivity index (χ1v) is 11.3. The van der Waals surface area contributed by atoms with Crippen LogP contribution in [0.5, 0.6) is 0 Å². The van der Waals surface area contributed by atoms with Gasteiger partial charge in [-0.2, -0.15) is 0 Å². The third-order valence-electron chi connectivity index (χ3n) is 6.71. The van der Waals surface area contributed by atoms with Crippen molar-refractivity contribution in [3.05, 3.63) is 24.3 Å². The van der Waals surface area contributed by atoms with Gasteiger partial charge in [0.15, 0.2) is 6.04 Å². The molecule has 3 fully saturated rings. The molecule has 31 heavy (non-hydrogen) atoms. The summed E-state index contributed by atoms with van der Waals surface area (Å²) >= 11 is 0. The van der Waals surface area contributed by atoms with Gasteiger partial charge >= 0.3 is 0 Å². The van der Waals surface area contributed by atoms with Crippen LogP contribution in [0.15, 0.2) is 24.3 Å². The fraction of sp³-hybridized carbons (Fsp3) is 0.565. The average molecular weight is 428 g/mol. The van der Waals surface area contributed by atoms with Gasteiger partial charge in [-0.25, -0.2) is 4.90 Å². The van der Waals surface area contributed by atoms with Gasteiger partial charge in [-0.15, -0.1) is 0 Å². The standard InChI is InChI=1S/C23H30N4O4/c1-16(28)24-18-6-5-7-19(14-18)27-21(29)15-20(23(27)31)25-12-8-17(9-13-25)22(30)26-10-3-2-4-11-26/h5-7,14,17,20H,2-4,8-13,15H2,1H3,(H,24,28)/p+1/t20-/m0/s1. The molecule has 0 unspecified atom stereocenters. The molecule has 0 aliphatic carbocycles. The van der Waals surface area contributed by atoms with E-state index in [9.17, 15) is 19.2 Å². The van der Waals surface area contributed by atoms with Crippen LogP contribution in [-0.4, -0.2) is 60.7 Å². The first-order chi connectivity index (χ1) is 14.9. The van der Waals surface area contributed by atoms with Gasteiger partial charge in [0.1, 0.15) is 0 Å². The number of benzene rings is 1. The molecule has 166 valence electrons. The lowest BCUT2D eigenvalue weighted by Gasteiger charge is -2.35. The summed E-state index contributed by atoms with van der Waals surface area (Å²) in [6.45, 7) is 4.61. The van der Waals surface area contributed by atoms with Gasteiger partial charge < -0.3 is 15.1 Å². The fourth-order valence-electron chi connectivity index (χ4n) is 5.10. The van der Waals surface area contributed by atoms with Crippen LogP contribution in [0.3, 0.4) is 0 Å². The number of carbonyl (C=O) groups excluding carboxylic acids is 4. The molecule has 0 saturated carbocycles. The van der Waals surface area contributed by atoms with Crippen LogP contribution in [0.2, 0.25) is 0 Å². The predicted molar refractivity (Wildman–Crippen MR) is 115 cm³/mol. The van der Waals surface area contributed by atoms with Crippen LogP contribution in [0.25, 0.3) is 0 Å². The van der Waals surface area contributed by atoms with Crippen molar-refractivity contribution in [2.75, 3.05) is 36.4 Å². The van der Waals surface area contributed by atoms with Gasteiger partial charge in [-0.05, 0) is 37.5 Å². The molecular formula is C23H31N4O4+. The highest BCUT2D eigenvalue weighted by molar-refractivity contribution is 6.22. The molecule has 4 amide bonds. The summed E-state index contributed by atoms with van der Waals surface area (Å²) in [5.74, 6) is -0.307. The molecule has 2 N–H and O–H groups in total. The maximum Gasteiger partial charge on any atom is 0.292 e. The Labute approximate surface area is 182 Å². The van der Waals surface area contributed by atoms with Crippen LogP contribution >= 0.6 is 0 Å². The Morgan fingerprint density at radius 3 is 2.45 bits per heavy atom. The molecule has 3 aliphatic rings. The van der Waals surface area contributed by atoms with Gasteiger partial charge in [0.25, 0.3) is 5.91 Å². The highest BCUT2D eigenvalue weighted by atomic mass is 16.2. The van der Waals surface area contributed by atoms with Gasteiger partial charge in [0.2, 0.25) is 17.7 Å². The second-order valence-corrected chi connectivity index (χ2v) is 8.87. The molecule has 3 saturated heterocycles. The van der Waals surface area contributed by atoms with E-state index in [2.05, 4.69) is 5.32 Å². The number of nitrogens with one attached hydrogen (secondary N) is 2. The van der Waals surface area contributed by atoms with Crippen molar-refractivity contribution >= 4 is 35.0 Å². The Morgan fingerprint density at radius 2 is 1.77 bits per heavy atom. The molecule has 0 radical (unpaired) electrons. The van der Waals surface area contributed by atoms with Crippen molar-refractivity contribution < 1.29 is 24.1 Å². The summed E-state index contributed by atoms with van der Waals surface area (Å²) in [5.41, 5.74) is 1.04. The number of imide groups is 1. The van der Waals surface area contributed by atoms with Crippen molar-refractivity contribution in [3.63, 3.8) is 0 Å². The highest BCUT2D eigenvalue weighted by Crippen LogP contribution is 2.25. The van der Waals surface area contributed by atoms with Crippen LogP contribution in [0.4, 0.5) is 11.4 Å². The van der Waals surface area contributed by atoms with Gasteiger partial charge in [-0.1, -0.05) is 6.07 Å². The topological polar surface area (TPSA) is 91.2 Å². The number of hydrogen-bond donors (Lipinski definition) is 2. The second-order valence-electron chi connectivity index (χ2n) is 8.87. The Hall–Kier alpha value is -2.74. The van der Waals surface area contributed by atoms with Crippen molar-refractivity contribution in [1.29, 1.82) is 0 Å². The van der Waals surface area contributed by atoms with E-state index < -0.39 is 6.04 Å². The van der Waals surface area contributed by atoms with E-state index in [1.165, 1.54) is 18.2 Å². The monoisotopic (exact) mass is 427 g/mol. The average Bonchev–Trinajstić information content (AvgIpc) is 3.07. The van der Waals surface area contributed by atoms with Crippen molar-refractivity contribution in [2.24, 2.45) is 5.92 Å². The van der Waals surface area contributed by atoms with E-state index >= 15 is 0 Å². The lowest BCUT2D eigenvalue weighted by molar-refractivity contribution is -0.920. The number of hydrogen-bond acceptors (Lipinski definition) is 4. The minimum absolute atomic E-state index is 0.0412. The Kier molecular flexibility index (Phi) is 6.36. The zero-order valence-electron chi connectivity index (χ0n) is 18.1. The van der Waals surface area contributed by atoms with E-state index in [0.29, 0.717) is 11.4 Å². The molecule has 0 spiro atoms. The quantitative estimate of drug-likeness (QED) is 0.688. The van der Waals surface area contributed by atoms with Crippen LogP contribution < -0.4 is 15.1 Å². The largest absolute Gasteiger partial charge is 0.342 e.